The van der Waals surface area contributed by atoms with Crippen LogP contribution in [0.4, 0.5) is 4.39 Å². The molecular formula is C32H39FN4O4. The van der Waals surface area contributed by atoms with Gasteiger partial charge < -0.3 is 20.7 Å². The van der Waals surface area contributed by atoms with Crippen LogP contribution in [0.2, 0.25) is 0 Å². The van der Waals surface area contributed by atoms with E-state index in [2.05, 4.69) is 33.1 Å². The van der Waals surface area contributed by atoms with E-state index in [1.807, 2.05) is 38.1 Å². The minimum absolute atomic E-state index is 0.217. The predicted octanol–water partition coefficient (Wildman–Crippen LogP) is 2.70. The Bertz CT molecular complexity index is 1280. The quantitative estimate of drug-likeness (QED) is 0.431. The van der Waals surface area contributed by atoms with Crippen molar-refractivity contribution in [3.8, 4) is 17.6 Å². The number of carbonyl (C=O) groups is 3. The summed E-state index contributed by atoms with van der Waals surface area (Å²) < 4.78 is 19.7. The molecule has 1 unspecified atom stereocenters. The summed E-state index contributed by atoms with van der Waals surface area (Å²) >= 11 is 0. The van der Waals surface area contributed by atoms with Crippen LogP contribution < -0.4 is 26.0 Å². The highest BCUT2D eigenvalue weighted by atomic mass is 19.1. The highest BCUT2D eigenvalue weighted by Crippen LogP contribution is 2.33. The standard InChI is InChI=1S/C32H39FN4O4/c1-21(2)29-32(40)36-27(20-23-12-13-23)30(38)35-16-6-9-24-8-3-4-11-28(24)41-18-17-34-26(31(39)37-29)15-14-22-7-5-10-25(33)19-22/h3-5,7-8,10-11,19,21,23,26-27,29,34H,6,9,12-13,16-18,20H2,1-2H3,(H,35,38)(H,36,40)(H,37,39)/t26?,27-,29+/m0/s1. The highest BCUT2D eigenvalue weighted by molar-refractivity contribution is 5.94. The van der Waals surface area contributed by atoms with Gasteiger partial charge in [-0.1, -0.05) is 62.8 Å². The number of para-hydroxylation sites is 1. The van der Waals surface area contributed by atoms with E-state index in [1.54, 1.807) is 12.1 Å². The van der Waals surface area contributed by atoms with Gasteiger partial charge in [-0.25, -0.2) is 4.39 Å². The Balaban J connectivity index is 1.58. The summed E-state index contributed by atoms with van der Waals surface area (Å²) in [6.45, 7) is 4.72. The molecule has 4 rings (SSSR count). The molecule has 2 aliphatic rings. The molecule has 0 radical (unpaired) electrons. The molecule has 1 fully saturated rings. The van der Waals surface area contributed by atoms with Crippen LogP contribution in [0, 0.1) is 29.5 Å². The van der Waals surface area contributed by atoms with Gasteiger partial charge in [-0.2, -0.15) is 0 Å². The first-order valence-corrected chi connectivity index (χ1v) is 14.4. The number of halogens is 1. The Kier molecular flexibility index (Phi) is 10.7. The zero-order valence-electron chi connectivity index (χ0n) is 23.7. The molecule has 2 aromatic carbocycles. The van der Waals surface area contributed by atoms with Crippen LogP contribution in [0.15, 0.2) is 48.5 Å². The summed E-state index contributed by atoms with van der Waals surface area (Å²) in [5.41, 5.74) is 1.45. The number of rotatable bonds is 3. The lowest BCUT2D eigenvalue weighted by molar-refractivity contribution is -0.133. The Morgan fingerprint density at radius 2 is 1.78 bits per heavy atom. The zero-order valence-corrected chi connectivity index (χ0v) is 23.7. The third-order valence-electron chi connectivity index (χ3n) is 7.20. The average molecular weight is 563 g/mol. The van der Waals surface area contributed by atoms with Crippen molar-refractivity contribution in [1.29, 1.82) is 0 Å². The van der Waals surface area contributed by atoms with Gasteiger partial charge in [0.15, 0.2) is 0 Å². The van der Waals surface area contributed by atoms with Crippen LogP contribution in [0.3, 0.4) is 0 Å². The molecule has 8 nitrogen and oxygen atoms in total. The van der Waals surface area contributed by atoms with Gasteiger partial charge >= 0.3 is 0 Å². The lowest BCUT2D eigenvalue weighted by Gasteiger charge is -2.26. The Labute approximate surface area is 241 Å². The van der Waals surface area contributed by atoms with E-state index < -0.39 is 35.8 Å². The molecule has 3 amide bonds. The summed E-state index contributed by atoms with van der Waals surface area (Å²) in [4.78, 5) is 39.9. The molecule has 0 spiro atoms. The first-order chi connectivity index (χ1) is 19.8. The maximum atomic E-state index is 13.7. The minimum atomic E-state index is -0.990. The maximum Gasteiger partial charge on any atom is 0.250 e. The van der Waals surface area contributed by atoms with Gasteiger partial charge in [0.1, 0.15) is 36.3 Å². The van der Waals surface area contributed by atoms with Gasteiger partial charge in [-0.3, -0.25) is 19.7 Å². The normalized spacial score (nSPS) is 22.9. The molecular weight excluding hydrogens is 523 g/mol. The molecule has 1 heterocycles. The monoisotopic (exact) mass is 562 g/mol. The molecule has 2 aromatic rings. The van der Waals surface area contributed by atoms with Crippen LogP contribution >= 0.6 is 0 Å². The van der Waals surface area contributed by atoms with E-state index in [9.17, 15) is 18.8 Å². The van der Waals surface area contributed by atoms with Crippen molar-refractivity contribution in [2.24, 2.45) is 11.8 Å². The second-order valence-electron chi connectivity index (χ2n) is 11.0. The SMILES string of the molecule is CC(C)[C@H]1NC(=O)C(C#Cc2cccc(F)c2)NCCOc2ccccc2CCCNC(=O)[C@H](CC2CC2)NC1=O. The zero-order chi connectivity index (χ0) is 29.2. The van der Waals surface area contributed by atoms with E-state index in [0.717, 1.165) is 30.6 Å². The van der Waals surface area contributed by atoms with Gasteiger partial charge in [0.2, 0.25) is 17.7 Å². The fourth-order valence-electron chi connectivity index (χ4n) is 4.71. The number of ether oxygens (including phenoxy) is 1. The fourth-order valence-corrected chi connectivity index (χ4v) is 4.71. The number of nitrogens with one attached hydrogen (secondary N) is 4. The predicted molar refractivity (Wildman–Crippen MR) is 154 cm³/mol. The molecule has 0 saturated heterocycles. The molecule has 218 valence electrons. The van der Waals surface area contributed by atoms with Gasteiger partial charge in [0.25, 0.3) is 0 Å². The first kappa shape index (κ1) is 30.1. The van der Waals surface area contributed by atoms with Crippen molar-refractivity contribution >= 4 is 17.7 Å². The van der Waals surface area contributed by atoms with E-state index in [-0.39, 0.29) is 18.4 Å². The molecule has 41 heavy (non-hydrogen) atoms. The fraction of sp³-hybridized carbons (Fsp3) is 0.469. The van der Waals surface area contributed by atoms with E-state index in [4.69, 9.17) is 4.74 Å². The van der Waals surface area contributed by atoms with Gasteiger partial charge in [0.05, 0.1) is 0 Å². The van der Waals surface area contributed by atoms with E-state index in [0.29, 0.717) is 37.4 Å². The van der Waals surface area contributed by atoms with Gasteiger partial charge in [-0.05, 0) is 60.9 Å². The number of benzene rings is 2. The van der Waals surface area contributed by atoms with Crippen molar-refractivity contribution in [3.05, 3.63) is 65.5 Å². The summed E-state index contributed by atoms with van der Waals surface area (Å²) in [5, 5.41) is 11.8. The van der Waals surface area contributed by atoms with Crippen molar-refractivity contribution in [1.82, 2.24) is 21.3 Å². The molecule has 0 bridgehead atoms. The number of amides is 3. The lowest BCUT2D eigenvalue weighted by Crippen LogP contribution is -2.58. The van der Waals surface area contributed by atoms with Gasteiger partial charge in [-0.15, -0.1) is 0 Å². The number of carbonyl (C=O) groups excluding carboxylic acids is 3. The Morgan fingerprint density at radius 1 is 0.976 bits per heavy atom. The van der Waals surface area contributed by atoms with Crippen molar-refractivity contribution < 1.29 is 23.5 Å². The highest BCUT2D eigenvalue weighted by Gasteiger charge is 2.34. The molecule has 1 aliphatic heterocycles. The second-order valence-corrected chi connectivity index (χ2v) is 11.0. The Hall–Kier alpha value is -3.90. The average Bonchev–Trinajstić information content (AvgIpc) is 3.77. The minimum Gasteiger partial charge on any atom is -0.492 e. The molecule has 9 heteroatoms. The lowest BCUT2D eigenvalue weighted by atomic mass is 10.0. The summed E-state index contributed by atoms with van der Waals surface area (Å²) in [5.74, 6) is 5.11. The third-order valence-corrected chi connectivity index (χ3v) is 7.20. The summed E-state index contributed by atoms with van der Waals surface area (Å²) in [6.07, 6.45) is 4.08. The van der Waals surface area contributed by atoms with Crippen molar-refractivity contribution in [2.45, 2.75) is 64.1 Å². The van der Waals surface area contributed by atoms with Crippen LogP contribution in [0.5, 0.6) is 5.75 Å². The number of fused-ring (bicyclic) bond motifs is 1. The number of hydrogen-bond acceptors (Lipinski definition) is 5. The van der Waals surface area contributed by atoms with Crippen molar-refractivity contribution in [3.63, 3.8) is 0 Å². The van der Waals surface area contributed by atoms with Crippen LogP contribution in [-0.4, -0.2) is 55.5 Å². The smallest absolute Gasteiger partial charge is 0.250 e. The largest absolute Gasteiger partial charge is 0.492 e. The summed E-state index contributed by atoms with van der Waals surface area (Å²) in [6, 6.07) is 11.0. The summed E-state index contributed by atoms with van der Waals surface area (Å²) in [7, 11) is 0. The molecule has 3 atom stereocenters. The Morgan fingerprint density at radius 3 is 2.54 bits per heavy atom. The topological polar surface area (TPSA) is 109 Å². The second kappa shape index (κ2) is 14.6. The van der Waals surface area contributed by atoms with Gasteiger partial charge in [0, 0.05) is 18.7 Å². The molecule has 4 N–H and O–H groups in total. The number of aryl methyl sites for hydroxylation is 1. The van der Waals surface area contributed by atoms with Crippen LogP contribution in [0.1, 0.15) is 50.7 Å². The molecule has 1 aliphatic carbocycles. The van der Waals surface area contributed by atoms with E-state index in [1.165, 1.54) is 12.1 Å². The van der Waals surface area contributed by atoms with Crippen LogP contribution in [-0.2, 0) is 20.8 Å². The number of hydrogen-bond donors (Lipinski definition) is 4. The van der Waals surface area contributed by atoms with Crippen LogP contribution in [0.25, 0.3) is 0 Å². The molecule has 1 saturated carbocycles. The maximum absolute atomic E-state index is 13.7. The van der Waals surface area contributed by atoms with E-state index >= 15 is 0 Å². The first-order valence-electron chi connectivity index (χ1n) is 14.4. The molecule has 0 aromatic heterocycles. The third kappa shape index (κ3) is 9.32. The van der Waals surface area contributed by atoms with Crippen molar-refractivity contribution in [2.75, 3.05) is 19.7 Å².